The molecule has 0 aliphatic heterocycles. The largest absolute Gasteiger partial charge is 0.460 e. The summed E-state index contributed by atoms with van der Waals surface area (Å²) in [6, 6.07) is 8.43. The SMILES string of the molecule is CC[C@@](C)(C(C)=O)[C@H](N)C(=O)OCc1ccccc1. The number of hydrogen-bond donors (Lipinski definition) is 1. The number of Topliss-reactive ketones (excluding diaryl/α,β-unsaturated/α-hetero) is 1. The van der Waals surface area contributed by atoms with E-state index >= 15 is 0 Å². The second-order valence-corrected chi connectivity index (χ2v) is 4.90. The lowest BCUT2D eigenvalue weighted by molar-refractivity contribution is -0.152. The van der Waals surface area contributed by atoms with Crippen molar-refractivity contribution in [1.29, 1.82) is 0 Å². The average Bonchev–Trinajstić information content (AvgIpc) is 2.43. The van der Waals surface area contributed by atoms with Gasteiger partial charge in [0.1, 0.15) is 18.4 Å². The van der Waals surface area contributed by atoms with Crippen LogP contribution >= 0.6 is 0 Å². The van der Waals surface area contributed by atoms with Gasteiger partial charge in [0, 0.05) is 0 Å². The molecule has 1 rings (SSSR count). The highest BCUT2D eigenvalue weighted by atomic mass is 16.5. The summed E-state index contributed by atoms with van der Waals surface area (Å²) >= 11 is 0. The van der Waals surface area contributed by atoms with Crippen molar-refractivity contribution >= 4 is 11.8 Å². The van der Waals surface area contributed by atoms with Crippen molar-refractivity contribution in [2.75, 3.05) is 0 Å². The first-order valence-electron chi connectivity index (χ1n) is 6.39. The first kappa shape index (κ1) is 15.4. The summed E-state index contributed by atoms with van der Waals surface area (Å²) in [6.07, 6.45) is 0.504. The van der Waals surface area contributed by atoms with Crippen LogP contribution in [-0.4, -0.2) is 17.8 Å². The molecule has 0 saturated heterocycles. The topological polar surface area (TPSA) is 69.4 Å². The van der Waals surface area contributed by atoms with E-state index in [4.69, 9.17) is 10.5 Å². The zero-order chi connectivity index (χ0) is 14.5. The van der Waals surface area contributed by atoms with Crippen LogP contribution in [0, 0.1) is 5.41 Å². The quantitative estimate of drug-likeness (QED) is 0.798. The van der Waals surface area contributed by atoms with Crippen molar-refractivity contribution in [3.63, 3.8) is 0 Å². The summed E-state index contributed by atoms with van der Waals surface area (Å²) in [5.41, 5.74) is 5.90. The summed E-state index contributed by atoms with van der Waals surface area (Å²) in [5, 5.41) is 0. The molecular formula is C15H21NO3. The van der Waals surface area contributed by atoms with Crippen LogP contribution in [0.5, 0.6) is 0 Å². The van der Waals surface area contributed by atoms with Gasteiger partial charge in [-0.1, -0.05) is 44.2 Å². The van der Waals surface area contributed by atoms with Gasteiger partial charge in [0.05, 0.1) is 5.41 Å². The van der Waals surface area contributed by atoms with Gasteiger partial charge >= 0.3 is 5.97 Å². The third-order valence-electron chi connectivity index (χ3n) is 3.70. The Balaban J connectivity index is 2.65. The molecule has 104 valence electrons. The van der Waals surface area contributed by atoms with Crippen molar-refractivity contribution < 1.29 is 14.3 Å². The number of ether oxygens (including phenoxy) is 1. The maximum Gasteiger partial charge on any atom is 0.324 e. The Morgan fingerprint density at radius 1 is 1.32 bits per heavy atom. The predicted octanol–water partition coefficient (Wildman–Crippen LogP) is 2.06. The van der Waals surface area contributed by atoms with Gasteiger partial charge in [0.2, 0.25) is 0 Å². The highest BCUT2D eigenvalue weighted by Crippen LogP contribution is 2.26. The Bertz CT molecular complexity index is 444. The molecule has 0 spiro atoms. The fourth-order valence-corrected chi connectivity index (χ4v) is 1.77. The molecule has 1 aromatic rings. The summed E-state index contributed by atoms with van der Waals surface area (Å²) < 4.78 is 5.17. The van der Waals surface area contributed by atoms with Gasteiger partial charge in [0.15, 0.2) is 0 Å². The normalized spacial score (nSPS) is 15.4. The number of carbonyl (C=O) groups is 2. The van der Waals surface area contributed by atoms with Crippen molar-refractivity contribution in [3.05, 3.63) is 35.9 Å². The third-order valence-corrected chi connectivity index (χ3v) is 3.70. The Hall–Kier alpha value is -1.68. The number of benzene rings is 1. The lowest BCUT2D eigenvalue weighted by atomic mass is 9.77. The molecule has 0 bridgehead atoms. The van der Waals surface area contributed by atoms with E-state index in [1.54, 1.807) is 6.92 Å². The van der Waals surface area contributed by atoms with Gasteiger partial charge in [-0.3, -0.25) is 9.59 Å². The molecule has 0 fully saturated rings. The first-order chi connectivity index (χ1) is 8.91. The average molecular weight is 263 g/mol. The lowest BCUT2D eigenvalue weighted by Crippen LogP contribution is -2.50. The molecule has 0 radical (unpaired) electrons. The standard InChI is InChI=1S/C15H21NO3/c1-4-15(3,11(2)17)13(16)14(18)19-10-12-8-6-5-7-9-12/h5-9,13H,4,10,16H2,1-3H3/t13-,15+/m1/s1. The molecule has 0 amide bonds. The van der Waals surface area contributed by atoms with E-state index in [-0.39, 0.29) is 12.4 Å². The van der Waals surface area contributed by atoms with E-state index in [2.05, 4.69) is 0 Å². The van der Waals surface area contributed by atoms with Crippen LogP contribution in [0.3, 0.4) is 0 Å². The van der Waals surface area contributed by atoms with E-state index < -0.39 is 17.4 Å². The molecule has 0 aliphatic rings. The lowest BCUT2D eigenvalue weighted by Gasteiger charge is -2.30. The molecule has 0 aliphatic carbocycles. The third kappa shape index (κ3) is 3.64. The molecule has 19 heavy (non-hydrogen) atoms. The minimum absolute atomic E-state index is 0.0980. The zero-order valence-electron chi connectivity index (χ0n) is 11.7. The Kier molecular flexibility index (Phi) is 5.24. The highest BCUT2D eigenvalue weighted by Gasteiger charge is 2.40. The highest BCUT2D eigenvalue weighted by molar-refractivity contribution is 5.90. The second-order valence-electron chi connectivity index (χ2n) is 4.90. The van der Waals surface area contributed by atoms with E-state index in [0.29, 0.717) is 6.42 Å². The number of ketones is 1. The summed E-state index contributed by atoms with van der Waals surface area (Å²) in [6.45, 7) is 5.16. The van der Waals surface area contributed by atoms with Gasteiger partial charge < -0.3 is 10.5 Å². The van der Waals surface area contributed by atoms with E-state index in [0.717, 1.165) is 5.56 Å². The Labute approximate surface area is 113 Å². The molecule has 1 aromatic carbocycles. The Morgan fingerprint density at radius 3 is 2.37 bits per heavy atom. The number of hydrogen-bond acceptors (Lipinski definition) is 4. The van der Waals surface area contributed by atoms with Gasteiger partial charge in [-0.25, -0.2) is 0 Å². The van der Waals surface area contributed by atoms with E-state index in [1.807, 2.05) is 37.3 Å². The molecule has 2 atom stereocenters. The summed E-state index contributed by atoms with van der Waals surface area (Å²) in [7, 11) is 0. The summed E-state index contributed by atoms with van der Waals surface area (Å²) in [5.74, 6) is -0.637. The molecule has 0 saturated carbocycles. The number of esters is 1. The fraction of sp³-hybridized carbons (Fsp3) is 0.467. The number of nitrogens with two attached hydrogens (primary N) is 1. The van der Waals surface area contributed by atoms with Crippen LogP contribution < -0.4 is 5.73 Å². The van der Waals surface area contributed by atoms with Crippen LogP contribution in [0.4, 0.5) is 0 Å². The fourth-order valence-electron chi connectivity index (χ4n) is 1.77. The molecule has 0 heterocycles. The smallest absolute Gasteiger partial charge is 0.324 e. The monoisotopic (exact) mass is 263 g/mol. The van der Waals surface area contributed by atoms with Crippen LogP contribution in [0.1, 0.15) is 32.8 Å². The molecule has 0 unspecified atom stereocenters. The van der Waals surface area contributed by atoms with Crippen LogP contribution in [0.15, 0.2) is 30.3 Å². The van der Waals surface area contributed by atoms with E-state index in [1.165, 1.54) is 6.92 Å². The minimum Gasteiger partial charge on any atom is -0.460 e. The van der Waals surface area contributed by atoms with Gasteiger partial charge in [-0.2, -0.15) is 0 Å². The van der Waals surface area contributed by atoms with Crippen molar-refractivity contribution in [2.45, 2.75) is 39.8 Å². The van der Waals surface area contributed by atoms with Gasteiger partial charge in [-0.15, -0.1) is 0 Å². The molecule has 2 N–H and O–H groups in total. The maximum atomic E-state index is 11.9. The minimum atomic E-state index is -0.932. The van der Waals surface area contributed by atoms with Crippen LogP contribution in [-0.2, 0) is 20.9 Å². The van der Waals surface area contributed by atoms with Crippen molar-refractivity contribution in [1.82, 2.24) is 0 Å². The van der Waals surface area contributed by atoms with Crippen molar-refractivity contribution in [2.24, 2.45) is 11.1 Å². The van der Waals surface area contributed by atoms with Gasteiger partial charge in [-0.05, 0) is 18.9 Å². The molecule has 4 heteroatoms. The van der Waals surface area contributed by atoms with Crippen LogP contribution in [0.2, 0.25) is 0 Å². The first-order valence-corrected chi connectivity index (χ1v) is 6.39. The number of carbonyl (C=O) groups excluding carboxylic acids is 2. The van der Waals surface area contributed by atoms with E-state index in [9.17, 15) is 9.59 Å². The predicted molar refractivity (Wildman–Crippen MR) is 73.3 cm³/mol. The Morgan fingerprint density at radius 2 is 1.89 bits per heavy atom. The summed E-state index contributed by atoms with van der Waals surface area (Å²) in [4.78, 5) is 23.6. The van der Waals surface area contributed by atoms with Crippen LogP contribution in [0.25, 0.3) is 0 Å². The second kappa shape index (κ2) is 6.48. The molecular weight excluding hydrogens is 242 g/mol. The number of rotatable bonds is 6. The maximum absolute atomic E-state index is 11.9. The molecule has 0 aromatic heterocycles. The van der Waals surface area contributed by atoms with Crippen molar-refractivity contribution in [3.8, 4) is 0 Å². The van der Waals surface area contributed by atoms with Gasteiger partial charge in [0.25, 0.3) is 0 Å². The molecule has 4 nitrogen and oxygen atoms in total. The zero-order valence-corrected chi connectivity index (χ0v) is 11.7.